The zero-order chi connectivity index (χ0) is 32.4. The Hall–Kier alpha value is -2.83. The van der Waals surface area contributed by atoms with Crippen LogP contribution in [-0.4, -0.2) is 5.78 Å². The molecule has 0 N–H and O–H groups in total. The zero-order valence-electron chi connectivity index (χ0n) is 25.7. The highest BCUT2D eigenvalue weighted by atomic mass is 32.1. The molecular formula is C39H30OP2S6+2. The lowest BCUT2D eigenvalue weighted by atomic mass is 10.0. The van der Waals surface area contributed by atoms with E-state index in [-0.39, 0.29) is 5.78 Å². The maximum Gasteiger partial charge on any atom is 0.193 e. The summed E-state index contributed by atoms with van der Waals surface area (Å²) >= 11 is 11.2. The van der Waals surface area contributed by atoms with Gasteiger partial charge in [-0.05, 0) is 116 Å². The van der Waals surface area contributed by atoms with Crippen molar-refractivity contribution in [1.82, 2.24) is 0 Å². The third-order valence-corrected chi connectivity index (χ3v) is 27.2. The second-order valence-electron chi connectivity index (χ2n) is 11.4. The molecule has 0 radical (unpaired) electrons. The van der Waals surface area contributed by atoms with Crippen molar-refractivity contribution in [3.05, 3.63) is 176 Å². The summed E-state index contributed by atoms with van der Waals surface area (Å²) in [5.74, 6) is 0.0692. The Bertz CT molecular complexity index is 1840. The van der Waals surface area contributed by atoms with E-state index in [9.17, 15) is 4.79 Å². The Labute approximate surface area is 306 Å². The van der Waals surface area contributed by atoms with Crippen LogP contribution in [0.25, 0.3) is 0 Å². The number of hydrogen-bond donors (Lipinski definition) is 0. The van der Waals surface area contributed by atoms with Gasteiger partial charge in [0.2, 0.25) is 0 Å². The van der Waals surface area contributed by atoms with Crippen LogP contribution in [0.5, 0.6) is 0 Å². The van der Waals surface area contributed by atoms with E-state index in [1.165, 1.54) is 38.8 Å². The van der Waals surface area contributed by atoms with Crippen molar-refractivity contribution < 1.29 is 4.79 Å². The van der Waals surface area contributed by atoms with E-state index in [1.54, 1.807) is 0 Å². The largest absolute Gasteiger partial charge is 0.289 e. The molecule has 48 heavy (non-hydrogen) atoms. The van der Waals surface area contributed by atoms with Gasteiger partial charge in [-0.1, -0.05) is 48.5 Å². The number of rotatable bonds is 12. The SMILES string of the molecule is O=C(c1ccc(C[P+](c2cccs2)(c2cccs2)c2cccs2)cc1)c1ccc(C[P+](c2cccs2)(c2cccs2)c2cccs2)cc1. The van der Waals surface area contributed by atoms with Crippen molar-refractivity contribution in [1.29, 1.82) is 0 Å². The van der Waals surface area contributed by atoms with Crippen LogP contribution < -0.4 is 27.7 Å². The van der Waals surface area contributed by atoms with Gasteiger partial charge in [-0.2, -0.15) is 0 Å². The minimum absolute atomic E-state index is 0.0692. The van der Waals surface area contributed by atoms with E-state index in [0.29, 0.717) is 0 Å². The van der Waals surface area contributed by atoms with E-state index in [1.807, 2.05) is 92.3 Å². The average Bonchev–Trinajstić information content (AvgIpc) is 3.99. The second-order valence-corrected chi connectivity index (χ2v) is 25.6. The molecule has 0 aliphatic carbocycles. The molecule has 0 spiro atoms. The van der Waals surface area contributed by atoms with Gasteiger partial charge in [-0.3, -0.25) is 4.79 Å². The van der Waals surface area contributed by atoms with Gasteiger partial charge in [-0.25, -0.2) is 0 Å². The molecule has 9 heteroatoms. The topological polar surface area (TPSA) is 17.1 Å². The lowest BCUT2D eigenvalue weighted by Crippen LogP contribution is -2.27. The van der Waals surface area contributed by atoms with Crippen LogP contribution in [-0.2, 0) is 12.3 Å². The van der Waals surface area contributed by atoms with E-state index in [4.69, 9.17) is 0 Å². The molecule has 0 bridgehead atoms. The van der Waals surface area contributed by atoms with Crippen LogP contribution >= 0.6 is 82.5 Å². The number of thiophene rings is 6. The standard InChI is InChI=1S/C39H30OP2S6/c40-39(31-17-13-29(14-18-31)27-41(33-7-1-21-43-33,34-8-2-22-44-34)35-9-3-23-45-35)32-19-15-30(16-20-32)28-42(36-10-4-24-46-36,37-11-5-25-47-37)38-12-6-26-48-38/h1-26H,27-28H2/q+2. The first kappa shape index (κ1) is 32.4. The molecule has 0 amide bonds. The Balaban J connectivity index is 1.07. The molecule has 0 saturated carbocycles. The number of hydrogen-bond acceptors (Lipinski definition) is 7. The first-order chi connectivity index (χ1) is 23.7. The lowest BCUT2D eigenvalue weighted by Gasteiger charge is -2.23. The zero-order valence-corrected chi connectivity index (χ0v) is 32.4. The molecule has 0 saturated heterocycles. The molecule has 236 valence electrons. The minimum atomic E-state index is -1.83. The van der Waals surface area contributed by atoms with E-state index < -0.39 is 14.5 Å². The number of benzene rings is 2. The molecule has 6 heterocycles. The van der Waals surface area contributed by atoms with E-state index in [0.717, 1.165) is 23.5 Å². The summed E-state index contributed by atoms with van der Waals surface area (Å²) in [6.07, 6.45) is 1.89. The van der Waals surface area contributed by atoms with Gasteiger partial charge in [0.25, 0.3) is 0 Å². The molecule has 0 unspecified atom stereocenters. The summed E-state index contributed by atoms with van der Waals surface area (Å²) in [6.45, 7) is 0. The van der Waals surface area contributed by atoms with Crippen molar-refractivity contribution in [2.45, 2.75) is 12.3 Å². The highest BCUT2D eigenvalue weighted by molar-refractivity contribution is 8.04. The summed E-state index contributed by atoms with van der Waals surface area (Å²) in [6, 6.07) is 43.7. The fourth-order valence-corrected chi connectivity index (χ4v) is 26.0. The predicted molar refractivity (Wildman–Crippen MR) is 221 cm³/mol. The summed E-state index contributed by atoms with van der Waals surface area (Å²) in [5.41, 5.74) is 4.00. The van der Waals surface area contributed by atoms with E-state index >= 15 is 0 Å². The Morgan fingerprint density at radius 3 is 0.833 bits per heavy atom. The summed E-state index contributed by atoms with van der Waals surface area (Å²) in [4.78, 5) is 13.8. The first-order valence-corrected chi connectivity index (χ1v) is 24.6. The van der Waals surface area contributed by atoms with Crippen molar-refractivity contribution in [3.63, 3.8) is 0 Å². The third-order valence-electron chi connectivity index (χ3n) is 8.57. The molecule has 0 fully saturated rings. The first-order valence-electron chi connectivity index (χ1n) is 15.4. The van der Waals surface area contributed by atoms with Crippen LogP contribution in [0.2, 0.25) is 0 Å². The van der Waals surface area contributed by atoms with Crippen LogP contribution in [0.15, 0.2) is 154 Å². The molecule has 8 rings (SSSR count). The summed E-state index contributed by atoms with van der Waals surface area (Å²) in [5, 5.41) is 13.2. The second kappa shape index (κ2) is 14.2. The monoisotopic (exact) mass is 768 g/mol. The fourth-order valence-electron chi connectivity index (χ4n) is 6.28. The van der Waals surface area contributed by atoms with Crippen molar-refractivity contribution >= 4 is 116 Å². The highest BCUT2D eigenvalue weighted by Crippen LogP contribution is 2.62. The lowest BCUT2D eigenvalue weighted by molar-refractivity contribution is 0.103. The van der Waals surface area contributed by atoms with Gasteiger partial charge in [0.15, 0.2) is 33.5 Å². The molecule has 2 aromatic carbocycles. The number of carbonyl (C=O) groups excluding carboxylic acids is 1. The smallest absolute Gasteiger partial charge is 0.193 e. The number of ketones is 1. The molecule has 0 aliphatic heterocycles. The normalized spacial score (nSPS) is 12.0. The van der Waals surface area contributed by atoms with Crippen molar-refractivity contribution in [3.8, 4) is 0 Å². The van der Waals surface area contributed by atoms with Gasteiger partial charge in [0.05, 0.1) is 0 Å². The quantitative estimate of drug-likeness (QED) is 0.0894. The van der Waals surface area contributed by atoms with Gasteiger partial charge in [0, 0.05) is 11.1 Å². The fraction of sp³-hybridized carbons (Fsp3) is 0.0513. The molecule has 1 nitrogen and oxygen atoms in total. The Morgan fingerprint density at radius 2 is 0.625 bits per heavy atom. The molecule has 0 atom stereocenters. The van der Waals surface area contributed by atoms with Gasteiger partial charge in [0.1, 0.15) is 26.8 Å². The third kappa shape index (κ3) is 5.99. The summed E-state index contributed by atoms with van der Waals surface area (Å²) in [7, 11) is -3.66. The maximum atomic E-state index is 13.8. The predicted octanol–water partition coefficient (Wildman–Crippen LogP) is 10.3. The van der Waals surface area contributed by atoms with Gasteiger partial charge in [-0.15, -0.1) is 68.0 Å². The molecule has 0 aliphatic rings. The number of carbonyl (C=O) groups is 1. The maximum absolute atomic E-state index is 13.8. The summed E-state index contributed by atoms with van der Waals surface area (Å²) < 4.78 is 8.73. The highest BCUT2D eigenvalue weighted by Gasteiger charge is 2.49. The van der Waals surface area contributed by atoms with Gasteiger partial charge < -0.3 is 0 Å². The van der Waals surface area contributed by atoms with Crippen LogP contribution in [0.3, 0.4) is 0 Å². The van der Waals surface area contributed by atoms with Crippen LogP contribution in [0.1, 0.15) is 27.0 Å². The Morgan fingerprint density at radius 1 is 0.375 bits per heavy atom. The Kier molecular flexibility index (Phi) is 9.57. The van der Waals surface area contributed by atoms with Gasteiger partial charge >= 0.3 is 0 Å². The molecular weight excluding hydrogens is 739 g/mol. The van der Waals surface area contributed by atoms with Crippen molar-refractivity contribution in [2.24, 2.45) is 0 Å². The molecule has 6 aromatic heterocycles. The van der Waals surface area contributed by atoms with E-state index in [2.05, 4.69) is 129 Å². The average molecular weight is 769 g/mol. The minimum Gasteiger partial charge on any atom is -0.289 e. The molecule has 8 aromatic rings. The van der Waals surface area contributed by atoms with Crippen LogP contribution in [0, 0.1) is 0 Å². The van der Waals surface area contributed by atoms with Crippen molar-refractivity contribution in [2.75, 3.05) is 0 Å². The van der Waals surface area contributed by atoms with Crippen LogP contribution in [0.4, 0.5) is 0 Å².